The van der Waals surface area contributed by atoms with Gasteiger partial charge in [0.1, 0.15) is 11.9 Å². The fourth-order valence-corrected chi connectivity index (χ4v) is 2.72. The molecule has 1 atom stereocenters. The molecule has 8 nitrogen and oxygen atoms in total. The van der Waals surface area contributed by atoms with E-state index in [1.165, 1.54) is 4.63 Å². The van der Waals surface area contributed by atoms with Crippen molar-refractivity contribution in [1.82, 2.24) is 25.3 Å². The van der Waals surface area contributed by atoms with Gasteiger partial charge in [0, 0.05) is 12.1 Å². The molecule has 0 radical (unpaired) electrons. The first kappa shape index (κ1) is 16.6. The number of para-hydroxylation sites is 1. The lowest BCUT2D eigenvalue weighted by Crippen LogP contribution is -2.37. The van der Waals surface area contributed by atoms with Crippen LogP contribution in [0.4, 0.5) is 11.5 Å². The van der Waals surface area contributed by atoms with Gasteiger partial charge in [-0.15, -0.1) is 14.8 Å². The van der Waals surface area contributed by atoms with Crippen LogP contribution in [0, 0.1) is 0 Å². The number of rotatable bonds is 6. The Morgan fingerprint density at radius 2 is 1.70 bits per heavy atom. The quantitative estimate of drug-likeness (QED) is 0.548. The van der Waals surface area contributed by atoms with Crippen molar-refractivity contribution >= 4 is 23.1 Å². The normalized spacial score (nSPS) is 11.9. The van der Waals surface area contributed by atoms with E-state index in [9.17, 15) is 4.79 Å². The first-order chi connectivity index (χ1) is 13.3. The van der Waals surface area contributed by atoms with Crippen molar-refractivity contribution in [2.24, 2.45) is 0 Å². The summed E-state index contributed by atoms with van der Waals surface area (Å²) in [7, 11) is 0. The van der Waals surface area contributed by atoms with Crippen LogP contribution in [0.3, 0.4) is 0 Å². The Balaban J connectivity index is 1.57. The van der Waals surface area contributed by atoms with Crippen LogP contribution < -0.4 is 10.6 Å². The van der Waals surface area contributed by atoms with Gasteiger partial charge >= 0.3 is 0 Å². The maximum Gasteiger partial charge on any atom is 0.247 e. The average molecular weight is 359 g/mol. The monoisotopic (exact) mass is 359 g/mol. The third-order valence-corrected chi connectivity index (χ3v) is 4.03. The van der Waals surface area contributed by atoms with Crippen LogP contribution in [0.2, 0.25) is 0 Å². The van der Waals surface area contributed by atoms with E-state index in [1.807, 2.05) is 60.7 Å². The van der Waals surface area contributed by atoms with Crippen molar-refractivity contribution in [3.8, 4) is 0 Å². The van der Waals surface area contributed by atoms with Crippen LogP contribution in [0.15, 0.2) is 72.8 Å². The highest BCUT2D eigenvalue weighted by Crippen LogP contribution is 2.13. The molecule has 4 rings (SSSR count). The molecule has 0 spiro atoms. The Bertz CT molecular complexity index is 1030. The molecule has 2 N–H and O–H groups in total. The number of anilines is 2. The number of aromatic nitrogens is 5. The SMILES string of the molecule is O=C(Nc1ccccc1)[C@@H](Cc1ccccc1)Nc1ccc2nnnn2n1. The Morgan fingerprint density at radius 3 is 2.48 bits per heavy atom. The Hall–Kier alpha value is -3.81. The minimum atomic E-state index is -0.519. The van der Waals surface area contributed by atoms with E-state index in [1.54, 1.807) is 12.1 Å². The van der Waals surface area contributed by atoms with Gasteiger partial charge in [0.15, 0.2) is 5.65 Å². The van der Waals surface area contributed by atoms with Gasteiger partial charge in [0.25, 0.3) is 0 Å². The van der Waals surface area contributed by atoms with Crippen molar-refractivity contribution in [2.75, 3.05) is 10.6 Å². The number of fused-ring (bicyclic) bond motifs is 1. The highest BCUT2D eigenvalue weighted by molar-refractivity contribution is 5.96. The smallest absolute Gasteiger partial charge is 0.247 e. The molecule has 4 aromatic rings. The number of nitrogens with zero attached hydrogens (tertiary/aromatic N) is 5. The molecule has 0 unspecified atom stereocenters. The molecule has 0 saturated heterocycles. The van der Waals surface area contributed by atoms with Crippen LogP contribution >= 0.6 is 0 Å². The van der Waals surface area contributed by atoms with Gasteiger partial charge in [-0.05, 0) is 40.3 Å². The van der Waals surface area contributed by atoms with E-state index in [2.05, 4.69) is 31.3 Å². The van der Waals surface area contributed by atoms with Crippen molar-refractivity contribution in [1.29, 1.82) is 0 Å². The van der Waals surface area contributed by atoms with E-state index < -0.39 is 6.04 Å². The maximum absolute atomic E-state index is 12.9. The summed E-state index contributed by atoms with van der Waals surface area (Å²) in [4.78, 5) is 12.9. The molecule has 0 aliphatic carbocycles. The molecule has 1 amide bonds. The van der Waals surface area contributed by atoms with Gasteiger partial charge in [-0.25, -0.2) is 0 Å². The zero-order valence-electron chi connectivity index (χ0n) is 14.4. The standard InChI is InChI=1S/C19H17N7O/c27-19(20-15-9-5-2-6-10-15)16(13-14-7-3-1-4-8-14)21-17-11-12-18-22-24-25-26(18)23-17/h1-12,16H,13H2,(H,20,27)(H,21,23)/t16-/m1/s1. The number of hydrogen-bond donors (Lipinski definition) is 2. The largest absolute Gasteiger partial charge is 0.357 e. The van der Waals surface area contributed by atoms with Crippen LogP contribution in [0.25, 0.3) is 5.65 Å². The summed E-state index contributed by atoms with van der Waals surface area (Å²) in [5.74, 6) is 0.364. The molecule has 0 aliphatic heterocycles. The number of nitrogens with one attached hydrogen (secondary N) is 2. The van der Waals surface area contributed by atoms with Crippen molar-refractivity contribution in [2.45, 2.75) is 12.5 Å². The van der Waals surface area contributed by atoms with E-state index in [0.717, 1.165) is 11.3 Å². The fraction of sp³-hybridized carbons (Fsp3) is 0.105. The minimum Gasteiger partial charge on any atom is -0.357 e. The number of carbonyl (C=O) groups is 1. The lowest BCUT2D eigenvalue weighted by atomic mass is 10.1. The molecule has 0 aliphatic rings. The van der Waals surface area contributed by atoms with Gasteiger partial charge in [-0.3, -0.25) is 4.79 Å². The fourth-order valence-electron chi connectivity index (χ4n) is 2.72. The van der Waals surface area contributed by atoms with Crippen molar-refractivity contribution in [3.63, 3.8) is 0 Å². The second-order valence-electron chi connectivity index (χ2n) is 5.99. The lowest BCUT2D eigenvalue weighted by molar-refractivity contribution is -0.116. The molecule has 0 saturated carbocycles. The van der Waals surface area contributed by atoms with E-state index >= 15 is 0 Å². The maximum atomic E-state index is 12.9. The molecular formula is C19H17N7O. The van der Waals surface area contributed by atoms with Crippen molar-refractivity contribution < 1.29 is 4.79 Å². The van der Waals surface area contributed by atoms with Gasteiger partial charge < -0.3 is 10.6 Å². The molecule has 2 aromatic heterocycles. The molecule has 0 fully saturated rings. The zero-order valence-corrected chi connectivity index (χ0v) is 14.4. The van der Waals surface area contributed by atoms with Crippen LogP contribution in [0.1, 0.15) is 5.56 Å². The topological polar surface area (TPSA) is 97.1 Å². The van der Waals surface area contributed by atoms with Gasteiger partial charge in [-0.1, -0.05) is 48.5 Å². The first-order valence-electron chi connectivity index (χ1n) is 8.50. The average Bonchev–Trinajstić information content (AvgIpc) is 3.17. The summed E-state index contributed by atoms with van der Waals surface area (Å²) >= 11 is 0. The number of carbonyl (C=O) groups excluding carboxylic acids is 1. The Morgan fingerprint density at radius 1 is 0.963 bits per heavy atom. The predicted octanol–water partition coefficient (Wildman–Crippen LogP) is 2.18. The number of tetrazole rings is 1. The summed E-state index contributed by atoms with van der Waals surface area (Å²) in [5, 5.41) is 21.6. The number of hydrogen-bond acceptors (Lipinski definition) is 6. The second-order valence-corrected chi connectivity index (χ2v) is 5.99. The third-order valence-electron chi connectivity index (χ3n) is 4.03. The summed E-state index contributed by atoms with van der Waals surface area (Å²) in [5.41, 5.74) is 2.32. The lowest BCUT2D eigenvalue weighted by Gasteiger charge is -2.19. The molecule has 0 bridgehead atoms. The van der Waals surface area contributed by atoms with Gasteiger partial charge in [-0.2, -0.15) is 0 Å². The molecule has 27 heavy (non-hydrogen) atoms. The van der Waals surface area contributed by atoms with E-state index in [0.29, 0.717) is 17.9 Å². The summed E-state index contributed by atoms with van der Waals surface area (Å²) in [6, 6.07) is 22.2. The van der Waals surface area contributed by atoms with E-state index in [4.69, 9.17) is 0 Å². The highest BCUT2D eigenvalue weighted by atomic mass is 16.2. The summed E-state index contributed by atoms with van der Waals surface area (Å²) in [6.45, 7) is 0. The molecule has 134 valence electrons. The number of benzene rings is 2. The first-order valence-corrected chi connectivity index (χ1v) is 8.50. The van der Waals surface area contributed by atoms with Gasteiger partial charge in [0.05, 0.1) is 0 Å². The minimum absolute atomic E-state index is 0.149. The second kappa shape index (κ2) is 7.61. The van der Waals surface area contributed by atoms with Crippen LogP contribution in [-0.2, 0) is 11.2 Å². The van der Waals surface area contributed by atoms with E-state index in [-0.39, 0.29) is 5.91 Å². The Labute approximate surface area is 155 Å². The zero-order chi connectivity index (χ0) is 18.5. The molecule has 2 heterocycles. The van der Waals surface area contributed by atoms with Crippen LogP contribution in [0.5, 0.6) is 0 Å². The van der Waals surface area contributed by atoms with Crippen LogP contribution in [-0.4, -0.2) is 37.2 Å². The third kappa shape index (κ3) is 4.06. The molecular weight excluding hydrogens is 342 g/mol. The molecule has 8 heteroatoms. The number of amides is 1. The highest BCUT2D eigenvalue weighted by Gasteiger charge is 2.20. The van der Waals surface area contributed by atoms with Crippen molar-refractivity contribution in [3.05, 3.63) is 78.4 Å². The summed E-state index contributed by atoms with van der Waals surface area (Å²) in [6.07, 6.45) is 0.509. The Kier molecular flexibility index (Phi) is 4.69. The predicted molar refractivity (Wildman–Crippen MR) is 101 cm³/mol. The molecule has 2 aromatic carbocycles. The summed E-state index contributed by atoms with van der Waals surface area (Å²) < 4.78 is 1.32. The van der Waals surface area contributed by atoms with Gasteiger partial charge in [0.2, 0.25) is 5.91 Å².